The Kier molecular flexibility index (Phi) is 5.35. The van der Waals surface area contributed by atoms with Crippen molar-refractivity contribution in [3.05, 3.63) is 34.3 Å². The maximum atomic E-state index is 11.6. The molecule has 2 unspecified atom stereocenters. The van der Waals surface area contributed by atoms with Crippen molar-refractivity contribution in [2.75, 3.05) is 7.11 Å². The first-order valence-corrected chi connectivity index (χ1v) is 6.81. The van der Waals surface area contributed by atoms with E-state index >= 15 is 0 Å². The number of carbonyl (C=O) groups is 1. The van der Waals surface area contributed by atoms with Gasteiger partial charge in [0, 0.05) is 15.9 Å². The summed E-state index contributed by atoms with van der Waals surface area (Å²) in [6.45, 7) is 4.04. The Morgan fingerprint density at radius 2 is 2.00 bits per heavy atom. The van der Waals surface area contributed by atoms with Crippen LogP contribution in [0.15, 0.2) is 28.7 Å². The van der Waals surface area contributed by atoms with Crippen molar-refractivity contribution < 1.29 is 9.53 Å². The lowest BCUT2D eigenvalue weighted by atomic mass is 9.73. The van der Waals surface area contributed by atoms with Crippen molar-refractivity contribution in [1.82, 2.24) is 0 Å². The summed E-state index contributed by atoms with van der Waals surface area (Å²) < 4.78 is 5.79. The smallest absolute Gasteiger partial charge is 0.306 e. The van der Waals surface area contributed by atoms with Crippen LogP contribution in [0.1, 0.15) is 32.3 Å². The summed E-state index contributed by atoms with van der Waals surface area (Å²) in [5.41, 5.74) is 6.87. The van der Waals surface area contributed by atoms with Gasteiger partial charge in [0.15, 0.2) is 0 Å². The fraction of sp³-hybridized carbons (Fsp3) is 0.500. The summed E-state index contributed by atoms with van der Waals surface area (Å²) in [5.74, 6) is -0.232. The van der Waals surface area contributed by atoms with Crippen LogP contribution in [-0.2, 0) is 14.9 Å². The molecule has 0 amide bonds. The topological polar surface area (TPSA) is 52.3 Å². The molecule has 100 valence electrons. The maximum absolute atomic E-state index is 11.6. The predicted octanol–water partition coefficient (Wildman–Crippen LogP) is 3.01. The highest BCUT2D eigenvalue weighted by Gasteiger charge is 2.35. The zero-order valence-electron chi connectivity index (χ0n) is 11.1. The van der Waals surface area contributed by atoms with Crippen LogP contribution >= 0.6 is 15.9 Å². The van der Waals surface area contributed by atoms with Crippen molar-refractivity contribution in [2.24, 2.45) is 5.73 Å². The van der Waals surface area contributed by atoms with Gasteiger partial charge in [-0.25, -0.2) is 0 Å². The Morgan fingerprint density at radius 3 is 2.44 bits per heavy atom. The predicted molar refractivity (Wildman–Crippen MR) is 76.4 cm³/mol. The van der Waals surface area contributed by atoms with Crippen molar-refractivity contribution >= 4 is 21.9 Å². The normalized spacial score (nSPS) is 15.8. The van der Waals surface area contributed by atoms with Crippen LogP contribution in [-0.4, -0.2) is 19.1 Å². The van der Waals surface area contributed by atoms with Gasteiger partial charge >= 0.3 is 5.97 Å². The second-order valence-corrected chi connectivity index (χ2v) is 5.61. The molecular weight excluding hydrogens is 294 g/mol. The third-order valence-corrected chi connectivity index (χ3v) is 4.03. The van der Waals surface area contributed by atoms with Gasteiger partial charge in [0.1, 0.15) is 0 Å². The fourth-order valence-electron chi connectivity index (χ4n) is 2.10. The molecular formula is C14H20BrNO2. The molecule has 0 aliphatic carbocycles. The standard InChI is InChI=1S/C14H20BrNO2/c1-4-12(16)14(2,9-13(17)18-3)10-5-7-11(15)8-6-10/h5-8,12H,4,9,16H2,1-3H3. The molecule has 3 nitrogen and oxygen atoms in total. The molecule has 0 aliphatic heterocycles. The van der Waals surface area contributed by atoms with Crippen LogP contribution in [0.3, 0.4) is 0 Å². The Hall–Kier alpha value is -0.870. The fourth-order valence-corrected chi connectivity index (χ4v) is 2.36. The number of nitrogens with two attached hydrogens (primary N) is 1. The number of ether oxygens (including phenoxy) is 1. The molecule has 0 bridgehead atoms. The molecule has 0 spiro atoms. The molecule has 18 heavy (non-hydrogen) atoms. The molecule has 0 aliphatic rings. The van der Waals surface area contributed by atoms with E-state index in [0.29, 0.717) is 6.42 Å². The number of carbonyl (C=O) groups excluding carboxylic acids is 1. The second-order valence-electron chi connectivity index (χ2n) is 4.69. The van der Waals surface area contributed by atoms with Gasteiger partial charge in [-0.05, 0) is 24.1 Å². The summed E-state index contributed by atoms with van der Waals surface area (Å²) in [5, 5.41) is 0. The van der Waals surface area contributed by atoms with Gasteiger partial charge in [0.05, 0.1) is 13.5 Å². The minimum atomic E-state index is -0.400. The van der Waals surface area contributed by atoms with E-state index in [1.165, 1.54) is 7.11 Å². The molecule has 0 fully saturated rings. The van der Waals surface area contributed by atoms with Crippen LogP contribution in [0.25, 0.3) is 0 Å². The zero-order valence-corrected chi connectivity index (χ0v) is 12.7. The number of hydrogen-bond acceptors (Lipinski definition) is 3. The molecule has 0 heterocycles. The highest BCUT2D eigenvalue weighted by atomic mass is 79.9. The Labute approximate surface area is 117 Å². The van der Waals surface area contributed by atoms with Gasteiger partial charge < -0.3 is 10.5 Å². The number of esters is 1. The first-order chi connectivity index (χ1) is 8.43. The molecule has 0 radical (unpaired) electrons. The van der Waals surface area contributed by atoms with Gasteiger partial charge in [0.2, 0.25) is 0 Å². The van der Waals surface area contributed by atoms with Gasteiger partial charge in [-0.1, -0.05) is 41.9 Å². The summed E-state index contributed by atoms with van der Waals surface area (Å²) in [7, 11) is 1.40. The minimum absolute atomic E-state index is 0.0854. The summed E-state index contributed by atoms with van der Waals surface area (Å²) >= 11 is 3.41. The molecule has 1 aromatic carbocycles. The average Bonchev–Trinajstić information content (AvgIpc) is 2.38. The molecule has 1 aromatic rings. The lowest BCUT2D eigenvalue weighted by Gasteiger charge is -2.34. The Morgan fingerprint density at radius 1 is 1.44 bits per heavy atom. The van der Waals surface area contributed by atoms with Crippen LogP contribution in [0.2, 0.25) is 0 Å². The highest BCUT2D eigenvalue weighted by Crippen LogP contribution is 2.33. The van der Waals surface area contributed by atoms with Crippen molar-refractivity contribution in [3.63, 3.8) is 0 Å². The molecule has 2 atom stereocenters. The van der Waals surface area contributed by atoms with Crippen LogP contribution < -0.4 is 5.73 Å². The average molecular weight is 314 g/mol. The number of halogens is 1. The zero-order chi connectivity index (χ0) is 13.8. The third kappa shape index (κ3) is 3.33. The monoisotopic (exact) mass is 313 g/mol. The summed E-state index contributed by atoms with van der Waals surface area (Å²) in [6, 6.07) is 7.85. The molecule has 0 saturated heterocycles. The van der Waals surface area contributed by atoms with E-state index in [4.69, 9.17) is 10.5 Å². The number of hydrogen-bond donors (Lipinski definition) is 1. The SMILES string of the molecule is CCC(N)C(C)(CC(=O)OC)c1ccc(Br)cc1. The van der Waals surface area contributed by atoms with Gasteiger partial charge in [-0.15, -0.1) is 0 Å². The number of benzene rings is 1. The van der Waals surface area contributed by atoms with Crippen molar-refractivity contribution in [2.45, 2.75) is 38.1 Å². The van der Waals surface area contributed by atoms with E-state index in [9.17, 15) is 4.79 Å². The second kappa shape index (κ2) is 6.34. The Bertz CT molecular complexity index is 405. The van der Waals surface area contributed by atoms with E-state index in [2.05, 4.69) is 15.9 Å². The summed E-state index contributed by atoms with van der Waals surface area (Å²) in [6.07, 6.45) is 1.10. The van der Waals surface area contributed by atoms with E-state index in [-0.39, 0.29) is 12.0 Å². The summed E-state index contributed by atoms with van der Waals surface area (Å²) in [4.78, 5) is 11.6. The number of methoxy groups -OCH3 is 1. The first-order valence-electron chi connectivity index (χ1n) is 6.02. The molecule has 1 rings (SSSR count). The van der Waals surface area contributed by atoms with Crippen LogP contribution in [0.4, 0.5) is 0 Å². The van der Waals surface area contributed by atoms with Gasteiger partial charge in [0.25, 0.3) is 0 Å². The lowest BCUT2D eigenvalue weighted by molar-refractivity contribution is -0.142. The van der Waals surface area contributed by atoms with Gasteiger partial charge in [-0.2, -0.15) is 0 Å². The molecule has 0 aromatic heterocycles. The number of rotatable bonds is 5. The largest absolute Gasteiger partial charge is 0.469 e. The van der Waals surface area contributed by atoms with Crippen molar-refractivity contribution in [3.8, 4) is 0 Å². The molecule has 4 heteroatoms. The minimum Gasteiger partial charge on any atom is -0.469 e. The van der Waals surface area contributed by atoms with E-state index < -0.39 is 5.41 Å². The van der Waals surface area contributed by atoms with Gasteiger partial charge in [-0.3, -0.25) is 4.79 Å². The van der Waals surface area contributed by atoms with Crippen LogP contribution in [0, 0.1) is 0 Å². The molecule has 0 saturated carbocycles. The highest BCUT2D eigenvalue weighted by molar-refractivity contribution is 9.10. The van der Waals surface area contributed by atoms with E-state index in [1.807, 2.05) is 38.1 Å². The maximum Gasteiger partial charge on any atom is 0.306 e. The first kappa shape index (κ1) is 15.2. The Balaban J connectivity index is 3.11. The van der Waals surface area contributed by atoms with Crippen molar-refractivity contribution in [1.29, 1.82) is 0 Å². The molecule has 2 N–H and O–H groups in total. The lowest BCUT2D eigenvalue weighted by Crippen LogP contribution is -2.44. The third-order valence-electron chi connectivity index (χ3n) is 3.50. The van der Waals surface area contributed by atoms with E-state index in [0.717, 1.165) is 16.5 Å². The van der Waals surface area contributed by atoms with E-state index in [1.54, 1.807) is 0 Å². The van der Waals surface area contributed by atoms with Crippen LogP contribution in [0.5, 0.6) is 0 Å². The quantitative estimate of drug-likeness (QED) is 0.850.